The van der Waals surface area contributed by atoms with Gasteiger partial charge in [0.05, 0.1) is 0 Å². The maximum Gasteiger partial charge on any atom is 0.573 e. The first kappa shape index (κ1) is 16.1. The quantitative estimate of drug-likeness (QED) is 0.649. The molecule has 0 saturated heterocycles. The van der Waals surface area contributed by atoms with Crippen LogP contribution in [-0.4, -0.2) is 21.0 Å². The number of nitrogens with zero attached hydrogens (tertiary/aromatic N) is 3. The third-order valence-electron chi connectivity index (χ3n) is 3.01. The highest BCUT2D eigenvalue weighted by atomic mass is 19.4. The zero-order valence-corrected chi connectivity index (χ0v) is 11.6. The highest BCUT2D eigenvalue weighted by molar-refractivity contribution is 5.77. The number of aromatic nitrogens is 3. The van der Waals surface area contributed by atoms with E-state index in [0.717, 1.165) is 16.6 Å². The second-order valence-corrected chi connectivity index (χ2v) is 4.70. The van der Waals surface area contributed by atoms with Crippen molar-refractivity contribution in [2.24, 2.45) is 0 Å². The lowest BCUT2D eigenvalue weighted by atomic mass is 10.1. The summed E-state index contributed by atoms with van der Waals surface area (Å²) in [6.07, 6.45) is -8.23. The summed E-state index contributed by atoms with van der Waals surface area (Å²) in [5, 5.41) is 3.34. The van der Waals surface area contributed by atoms with Crippen LogP contribution in [0.5, 0.6) is 5.75 Å². The van der Waals surface area contributed by atoms with Gasteiger partial charge in [-0.1, -0.05) is 12.1 Å². The van der Waals surface area contributed by atoms with Gasteiger partial charge in [-0.25, -0.2) is 9.50 Å². The van der Waals surface area contributed by atoms with Crippen LogP contribution in [0.15, 0.2) is 42.6 Å². The largest absolute Gasteiger partial charge is 0.573 e. The third-order valence-corrected chi connectivity index (χ3v) is 3.01. The summed E-state index contributed by atoms with van der Waals surface area (Å²) in [6.45, 7) is 0. The molecule has 0 saturated carbocycles. The first-order valence-electron chi connectivity index (χ1n) is 6.42. The number of fused-ring (bicyclic) bond motifs is 1. The Morgan fingerprint density at radius 2 is 1.58 bits per heavy atom. The first-order chi connectivity index (χ1) is 11.1. The van der Waals surface area contributed by atoms with Gasteiger partial charge in [0, 0.05) is 11.8 Å². The summed E-state index contributed by atoms with van der Waals surface area (Å²) in [4.78, 5) is 3.46. The normalized spacial score (nSPS) is 12.6. The predicted molar refractivity (Wildman–Crippen MR) is 70.1 cm³/mol. The van der Waals surface area contributed by atoms with Crippen LogP contribution in [0.1, 0.15) is 5.82 Å². The van der Waals surface area contributed by atoms with Crippen molar-refractivity contribution in [3.05, 3.63) is 48.4 Å². The van der Waals surface area contributed by atoms with Crippen molar-refractivity contribution >= 4 is 5.65 Å². The highest BCUT2D eigenvalue weighted by Crippen LogP contribution is 2.31. The van der Waals surface area contributed by atoms with E-state index in [4.69, 9.17) is 0 Å². The molecule has 2 heterocycles. The maximum atomic E-state index is 12.7. The number of hydrogen-bond donors (Lipinski definition) is 0. The minimum absolute atomic E-state index is 0.0608. The van der Waals surface area contributed by atoms with E-state index in [2.05, 4.69) is 14.8 Å². The summed E-state index contributed by atoms with van der Waals surface area (Å²) in [6, 6.07) is 7.65. The van der Waals surface area contributed by atoms with E-state index in [0.29, 0.717) is 11.1 Å². The zero-order valence-electron chi connectivity index (χ0n) is 11.6. The number of benzene rings is 1. The molecule has 3 rings (SSSR count). The van der Waals surface area contributed by atoms with E-state index < -0.39 is 24.1 Å². The molecule has 0 unspecified atom stereocenters. The lowest BCUT2D eigenvalue weighted by molar-refractivity contribution is -0.274. The van der Waals surface area contributed by atoms with Gasteiger partial charge in [0.25, 0.3) is 5.82 Å². The first-order valence-corrected chi connectivity index (χ1v) is 6.42. The summed E-state index contributed by atoms with van der Waals surface area (Å²) in [5.74, 6) is -1.73. The average molecular weight is 347 g/mol. The minimum Gasteiger partial charge on any atom is -0.406 e. The van der Waals surface area contributed by atoms with E-state index in [-0.39, 0.29) is 5.65 Å². The van der Waals surface area contributed by atoms with Gasteiger partial charge < -0.3 is 4.74 Å². The van der Waals surface area contributed by atoms with E-state index in [1.54, 1.807) is 0 Å². The van der Waals surface area contributed by atoms with Crippen molar-refractivity contribution < 1.29 is 31.1 Å². The van der Waals surface area contributed by atoms with Gasteiger partial charge in [0.2, 0.25) is 0 Å². The Bertz CT molecular complexity index is 867. The molecule has 0 aliphatic rings. The average Bonchev–Trinajstić information content (AvgIpc) is 2.90. The Morgan fingerprint density at radius 3 is 2.17 bits per heavy atom. The lowest BCUT2D eigenvalue weighted by Gasteiger charge is -2.09. The molecule has 126 valence electrons. The van der Waals surface area contributed by atoms with E-state index in [1.807, 2.05) is 0 Å². The maximum absolute atomic E-state index is 12.7. The van der Waals surface area contributed by atoms with Gasteiger partial charge in [-0.3, -0.25) is 0 Å². The summed E-state index contributed by atoms with van der Waals surface area (Å²) < 4.78 is 79.2. The van der Waals surface area contributed by atoms with Gasteiger partial charge in [0.15, 0.2) is 5.65 Å². The fourth-order valence-corrected chi connectivity index (χ4v) is 2.09. The Morgan fingerprint density at radius 1 is 0.917 bits per heavy atom. The second kappa shape index (κ2) is 5.39. The van der Waals surface area contributed by atoms with Crippen LogP contribution in [0.3, 0.4) is 0 Å². The molecule has 0 atom stereocenters. The molecule has 0 N–H and O–H groups in total. The van der Waals surface area contributed by atoms with Crippen molar-refractivity contribution in [1.29, 1.82) is 0 Å². The monoisotopic (exact) mass is 347 g/mol. The molecule has 1 aromatic carbocycles. The molecule has 0 aliphatic heterocycles. The standard InChI is InChI=1S/C14H7F6N3O/c15-13(16,17)12-21-11-10(2-1-7-23(11)22-12)8-3-5-9(6-4-8)24-14(18,19)20/h1-7H. The Hall–Kier alpha value is -2.78. The molecular weight excluding hydrogens is 340 g/mol. The number of ether oxygens (including phenoxy) is 1. The predicted octanol–water partition coefficient (Wildman–Crippen LogP) is 4.31. The molecule has 3 aromatic rings. The smallest absolute Gasteiger partial charge is 0.406 e. The third kappa shape index (κ3) is 3.26. The van der Waals surface area contributed by atoms with Crippen molar-refractivity contribution in [2.75, 3.05) is 0 Å². The molecule has 0 aliphatic carbocycles. The Balaban J connectivity index is 2.01. The van der Waals surface area contributed by atoms with Crippen molar-refractivity contribution in [3.63, 3.8) is 0 Å². The van der Waals surface area contributed by atoms with E-state index >= 15 is 0 Å². The van der Waals surface area contributed by atoms with Crippen LogP contribution < -0.4 is 4.74 Å². The van der Waals surface area contributed by atoms with Crippen molar-refractivity contribution in [3.8, 4) is 16.9 Å². The van der Waals surface area contributed by atoms with Crippen LogP contribution >= 0.6 is 0 Å². The zero-order chi connectivity index (χ0) is 17.5. The van der Waals surface area contributed by atoms with Crippen molar-refractivity contribution in [2.45, 2.75) is 12.5 Å². The summed E-state index contributed by atoms with van der Waals surface area (Å²) in [5.41, 5.74) is 0.602. The highest BCUT2D eigenvalue weighted by Gasteiger charge is 2.36. The number of pyridine rings is 1. The number of halogens is 6. The molecule has 0 spiro atoms. The molecule has 4 nitrogen and oxygen atoms in total. The van der Waals surface area contributed by atoms with Crippen LogP contribution in [0.4, 0.5) is 26.3 Å². The molecular formula is C14H7F6N3O. The van der Waals surface area contributed by atoms with Crippen LogP contribution in [0, 0.1) is 0 Å². The fraction of sp³-hybridized carbons (Fsp3) is 0.143. The molecule has 0 amide bonds. The number of rotatable bonds is 2. The van der Waals surface area contributed by atoms with Gasteiger partial charge in [-0.05, 0) is 29.8 Å². The van der Waals surface area contributed by atoms with Gasteiger partial charge in [0.1, 0.15) is 5.75 Å². The summed E-state index contributed by atoms with van der Waals surface area (Å²) in [7, 11) is 0. The molecule has 10 heteroatoms. The molecule has 24 heavy (non-hydrogen) atoms. The molecule has 0 bridgehead atoms. The minimum atomic E-state index is -4.82. The Labute approximate surface area is 130 Å². The number of alkyl halides is 6. The SMILES string of the molecule is FC(F)(F)Oc1ccc(-c2cccn3nc(C(F)(F)F)nc23)cc1. The number of hydrogen-bond acceptors (Lipinski definition) is 3. The van der Waals surface area contributed by atoms with Crippen molar-refractivity contribution in [1.82, 2.24) is 14.6 Å². The molecule has 0 fully saturated rings. The van der Waals surface area contributed by atoms with Gasteiger partial charge in [-0.2, -0.15) is 13.2 Å². The van der Waals surface area contributed by atoms with Crippen LogP contribution in [-0.2, 0) is 6.18 Å². The molecule has 2 aromatic heterocycles. The lowest BCUT2D eigenvalue weighted by Crippen LogP contribution is -2.16. The summed E-state index contributed by atoms with van der Waals surface area (Å²) >= 11 is 0. The van der Waals surface area contributed by atoms with Gasteiger partial charge in [-0.15, -0.1) is 18.3 Å². The Kier molecular flexibility index (Phi) is 3.61. The van der Waals surface area contributed by atoms with Gasteiger partial charge >= 0.3 is 12.5 Å². The van der Waals surface area contributed by atoms with Crippen LogP contribution in [0.25, 0.3) is 16.8 Å². The fourth-order valence-electron chi connectivity index (χ4n) is 2.09. The van der Waals surface area contributed by atoms with E-state index in [1.165, 1.54) is 30.5 Å². The molecule has 0 radical (unpaired) electrons. The second-order valence-electron chi connectivity index (χ2n) is 4.70. The van der Waals surface area contributed by atoms with Crippen LogP contribution in [0.2, 0.25) is 0 Å². The topological polar surface area (TPSA) is 39.4 Å². The van der Waals surface area contributed by atoms with E-state index in [9.17, 15) is 26.3 Å².